The largest absolute Gasteiger partial charge is 0.497 e. The van der Waals surface area contributed by atoms with Gasteiger partial charge in [0.1, 0.15) is 11.8 Å². The van der Waals surface area contributed by atoms with E-state index in [-0.39, 0.29) is 0 Å². The second-order valence-corrected chi connectivity index (χ2v) is 4.56. The van der Waals surface area contributed by atoms with Crippen molar-refractivity contribution in [1.82, 2.24) is 10.2 Å². The number of hydrogen-bond acceptors (Lipinski definition) is 5. The lowest BCUT2D eigenvalue weighted by molar-refractivity contribution is 0.415. The molecule has 3 rings (SSSR count). The smallest absolute Gasteiger partial charge is 0.247 e. The van der Waals surface area contributed by atoms with Crippen molar-refractivity contribution < 1.29 is 9.15 Å². The average Bonchev–Trinajstić information content (AvgIpc) is 3.05. The molecule has 0 saturated heterocycles. The first-order valence-corrected chi connectivity index (χ1v) is 6.56. The van der Waals surface area contributed by atoms with Crippen molar-refractivity contribution in [2.75, 3.05) is 7.11 Å². The summed E-state index contributed by atoms with van der Waals surface area (Å²) >= 11 is 0. The zero-order chi connectivity index (χ0) is 14.7. The average molecular weight is 281 g/mol. The Bertz CT molecular complexity index is 708. The lowest BCUT2D eigenvalue weighted by Gasteiger charge is -2.06. The molecule has 21 heavy (non-hydrogen) atoms. The van der Waals surface area contributed by atoms with Crippen molar-refractivity contribution in [2.45, 2.75) is 6.04 Å². The molecule has 0 bridgehead atoms. The van der Waals surface area contributed by atoms with Gasteiger partial charge >= 0.3 is 0 Å². The van der Waals surface area contributed by atoms with Gasteiger partial charge in [0.15, 0.2) is 0 Å². The van der Waals surface area contributed by atoms with Crippen LogP contribution in [0.4, 0.5) is 0 Å². The van der Waals surface area contributed by atoms with E-state index in [1.807, 2.05) is 54.6 Å². The molecule has 3 aromatic rings. The fourth-order valence-corrected chi connectivity index (χ4v) is 2.01. The predicted octanol–water partition coefficient (Wildman–Crippen LogP) is 2.79. The highest BCUT2D eigenvalue weighted by Gasteiger charge is 2.17. The molecule has 0 radical (unpaired) electrons. The van der Waals surface area contributed by atoms with Gasteiger partial charge in [-0.05, 0) is 29.8 Å². The van der Waals surface area contributed by atoms with Gasteiger partial charge in [-0.25, -0.2) is 0 Å². The number of rotatable bonds is 4. The van der Waals surface area contributed by atoms with E-state index in [9.17, 15) is 0 Å². The Labute approximate surface area is 122 Å². The molecule has 0 aliphatic heterocycles. The highest BCUT2D eigenvalue weighted by Crippen LogP contribution is 2.24. The van der Waals surface area contributed by atoms with Crippen LogP contribution >= 0.6 is 0 Å². The fourth-order valence-electron chi connectivity index (χ4n) is 2.01. The molecular formula is C16H15N3O2. The van der Waals surface area contributed by atoms with Crippen LogP contribution < -0.4 is 10.5 Å². The van der Waals surface area contributed by atoms with Crippen molar-refractivity contribution in [3.8, 4) is 17.2 Å². The molecule has 0 amide bonds. The van der Waals surface area contributed by atoms with Gasteiger partial charge in [0.25, 0.3) is 0 Å². The van der Waals surface area contributed by atoms with Gasteiger partial charge in [-0.3, -0.25) is 0 Å². The maximum atomic E-state index is 6.14. The normalized spacial score (nSPS) is 12.1. The van der Waals surface area contributed by atoms with Crippen molar-refractivity contribution >= 4 is 0 Å². The molecular weight excluding hydrogens is 266 g/mol. The molecule has 5 heteroatoms. The van der Waals surface area contributed by atoms with Crippen LogP contribution in [0.2, 0.25) is 0 Å². The van der Waals surface area contributed by atoms with E-state index in [0.29, 0.717) is 11.8 Å². The molecule has 0 spiro atoms. The lowest BCUT2D eigenvalue weighted by Crippen LogP contribution is -2.11. The molecule has 1 aromatic heterocycles. The summed E-state index contributed by atoms with van der Waals surface area (Å²) in [7, 11) is 1.62. The number of aromatic nitrogens is 2. The summed E-state index contributed by atoms with van der Waals surface area (Å²) in [6, 6.07) is 16.6. The van der Waals surface area contributed by atoms with Crippen molar-refractivity contribution in [1.29, 1.82) is 0 Å². The van der Waals surface area contributed by atoms with E-state index < -0.39 is 6.04 Å². The SMILES string of the molecule is COc1ccc(-c2nnc(C(N)c3ccccc3)o2)cc1. The van der Waals surface area contributed by atoms with E-state index >= 15 is 0 Å². The Morgan fingerprint density at radius 1 is 1.00 bits per heavy atom. The summed E-state index contributed by atoms with van der Waals surface area (Å²) in [5, 5.41) is 8.09. The second-order valence-electron chi connectivity index (χ2n) is 4.56. The molecule has 2 N–H and O–H groups in total. The Morgan fingerprint density at radius 2 is 1.71 bits per heavy atom. The van der Waals surface area contributed by atoms with Crippen LogP contribution in [0, 0.1) is 0 Å². The van der Waals surface area contributed by atoms with E-state index in [1.165, 1.54) is 0 Å². The third-order valence-electron chi connectivity index (χ3n) is 3.20. The van der Waals surface area contributed by atoms with E-state index in [0.717, 1.165) is 16.9 Å². The van der Waals surface area contributed by atoms with Crippen LogP contribution in [0.5, 0.6) is 5.75 Å². The Balaban J connectivity index is 1.85. The third-order valence-corrected chi connectivity index (χ3v) is 3.20. The standard InChI is InChI=1S/C16H15N3O2/c1-20-13-9-7-12(8-10-13)15-18-19-16(21-15)14(17)11-5-3-2-4-6-11/h2-10,14H,17H2,1H3. The first kappa shape index (κ1) is 13.3. The summed E-state index contributed by atoms with van der Waals surface area (Å²) in [6.45, 7) is 0. The maximum Gasteiger partial charge on any atom is 0.247 e. The van der Waals surface area contributed by atoms with Gasteiger partial charge in [0, 0.05) is 5.56 Å². The summed E-state index contributed by atoms with van der Waals surface area (Å²) < 4.78 is 10.8. The Morgan fingerprint density at radius 3 is 2.38 bits per heavy atom. The van der Waals surface area contributed by atoms with Gasteiger partial charge in [-0.2, -0.15) is 0 Å². The van der Waals surface area contributed by atoms with E-state index in [4.69, 9.17) is 14.9 Å². The van der Waals surface area contributed by atoms with E-state index in [2.05, 4.69) is 10.2 Å². The van der Waals surface area contributed by atoms with Crippen LogP contribution in [0.1, 0.15) is 17.5 Å². The number of benzene rings is 2. The quantitative estimate of drug-likeness (QED) is 0.796. The zero-order valence-corrected chi connectivity index (χ0v) is 11.6. The molecule has 0 saturated carbocycles. The minimum Gasteiger partial charge on any atom is -0.497 e. The Hall–Kier alpha value is -2.66. The Kier molecular flexibility index (Phi) is 3.66. The van der Waals surface area contributed by atoms with Gasteiger partial charge in [0.05, 0.1) is 7.11 Å². The molecule has 0 fully saturated rings. The molecule has 106 valence electrons. The number of ether oxygens (including phenoxy) is 1. The summed E-state index contributed by atoms with van der Waals surface area (Å²) in [5.74, 6) is 1.62. The fraction of sp³-hybridized carbons (Fsp3) is 0.125. The minimum atomic E-state index is -0.425. The van der Waals surface area contributed by atoms with Gasteiger partial charge in [0.2, 0.25) is 11.8 Å². The lowest BCUT2D eigenvalue weighted by atomic mass is 10.1. The maximum absolute atomic E-state index is 6.14. The topological polar surface area (TPSA) is 74.2 Å². The van der Waals surface area contributed by atoms with Crippen LogP contribution in [0.15, 0.2) is 59.0 Å². The predicted molar refractivity (Wildman–Crippen MR) is 78.8 cm³/mol. The number of methoxy groups -OCH3 is 1. The number of nitrogens with two attached hydrogens (primary N) is 1. The number of nitrogens with zero attached hydrogens (tertiary/aromatic N) is 2. The molecule has 5 nitrogen and oxygen atoms in total. The molecule has 1 heterocycles. The van der Waals surface area contributed by atoms with Crippen LogP contribution in [0.25, 0.3) is 11.5 Å². The van der Waals surface area contributed by atoms with Crippen molar-refractivity contribution in [2.24, 2.45) is 5.73 Å². The minimum absolute atomic E-state index is 0.395. The first-order chi connectivity index (χ1) is 10.3. The molecule has 1 unspecified atom stereocenters. The summed E-state index contributed by atoms with van der Waals surface area (Å²) in [5.41, 5.74) is 7.90. The van der Waals surface area contributed by atoms with Gasteiger partial charge < -0.3 is 14.9 Å². The monoisotopic (exact) mass is 281 g/mol. The van der Waals surface area contributed by atoms with Gasteiger partial charge in [-0.1, -0.05) is 30.3 Å². The zero-order valence-electron chi connectivity index (χ0n) is 11.6. The van der Waals surface area contributed by atoms with Crippen LogP contribution in [-0.4, -0.2) is 17.3 Å². The molecule has 1 atom stereocenters. The third kappa shape index (κ3) is 2.78. The van der Waals surface area contributed by atoms with Crippen molar-refractivity contribution in [3.63, 3.8) is 0 Å². The molecule has 0 aliphatic carbocycles. The number of hydrogen-bond donors (Lipinski definition) is 1. The van der Waals surface area contributed by atoms with Crippen molar-refractivity contribution in [3.05, 3.63) is 66.1 Å². The summed E-state index contributed by atoms with van der Waals surface area (Å²) in [6.07, 6.45) is 0. The highest BCUT2D eigenvalue weighted by molar-refractivity contribution is 5.54. The molecule has 2 aromatic carbocycles. The van der Waals surface area contributed by atoms with Crippen LogP contribution in [-0.2, 0) is 0 Å². The first-order valence-electron chi connectivity index (χ1n) is 6.56. The van der Waals surface area contributed by atoms with Crippen LogP contribution in [0.3, 0.4) is 0 Å². The van der Waals surface area contributed by atoms with E-state index in [1.54, 1.807) is 7.11 Å². The van der Waals surface area contributed by atoms with Gasteiger partial charge in [-0.15, -0.1) is 10.2 Å². The summed E-state index contributed by atoms with van der Waals surface area (Å²) in [4.78, 5) is 0. The molecule has 0 aliphatic rings. The second kappa shape index (κ2) is 5.76. The highest BCUT2D eigenvalue weighted by atomic mass is 16.5.